The topological polar surface area (TPSA) is 58.6 Å². The molecule has 0 N–H and O–H groups in total. The largest absolute Gasteiger partial charge is 0.482 e. The number of piperazine rings is 1. The van der Waals surface area contributed by atoms with Crippen molar-refractivity contribution in [2.24, 2.45) is 0 Å². The van der Waals surface area contributed by atoms with E-state index in [2.05, 4.69) is 15.3 Å². The summed E-state index contributed by atoms with van der Waals surface area (Å²) in [7, 11) is 0. The average Bonchev–Trinajstić information content (AvgIpc) is 3.22. The van der Waals surface area contributed by atoms with E-state index < -0.39 is 0 Å². The zero-order valence-corrected chi connectivity index (χ0v) is 17.4. The number of carbonyl (C=O) groups is 1. The Morgan fingerprint density at radius 3 is 2.66 bits per heavy atom. The molecule has 8 heteroatoms. The van der Waals surface area contributed by atoms with Crippen LogP contribution in [0, 0.1) is 0 Å². The lowest BCUT2D eigenvalue weighted by atomic mass is 10.2. The van der Waals surface area contributed by atoms with Gasteiger partial charge in [0.1, 0.15) is 10.8 Å². The van der Waals surface area contributed by atoms with E-state index in [-0.39, 0.29) is 12.5 Å². The number of carbonyl (C=O) groups excluding carboxylic acids is 1. The first-order valence-corrected chi connectivity index (χ1v) is 10.7. The predicted molar refractivity (Wildman–Crippen MR) is 114 cm³/mol. The van der Waals surface area contributed by atoms with Gasteiger partial charge in [-0.3, -0.25) is 14.7 Å². The highest BCUT2D eigenvalue weighted by Gasteiger charge is 2.22. The molecule has 0 saturated carbocycles. The normalized spacial score (nSPS) is 14.7. The van der Waals surface area contributed by atoms with Gasteiger partial charge in [0, 0.05) is 48.3 Å². The number of thiazole rings is 1. The second-order valence-corrected chi connectivity index (χ2v) is 8.15. The smallest absolute Gasteiger partial charge is 0.260 e. The second kappa shape index (κ2) is 9.35. The van der Waals surface area contributed by atoms with Gasteiger partial charge in [0.05, 0.1) is 18.4 Å². The molecule has 0 spiro atoms. The second-order valence-electron chi connectivity index (χ2n) is 6.77. The van der Waals surface area contributed by atoms with E-state index in [4.69, 9.17) is 21.3 Å². The van der Waals surface area contributed by atoms with Crippen molar-refractivity contribution < 1.29 is 9.53 Å². The van der Waals surface area contributed by atoms with Gasteiger partial charge in [0.15, 0.2) is 6.61 Å². The summed E-state index contributed by atoms with van der Waals surface area (Å²) in [6, 6.07) is 11.3. The number of aromatic nitrogens is 2. The van der Waals surface area contributed by atoms with Crippen LogP contribution in [0.15, 0.2) is 54.2 Å². The first-order chi connectivity index (χ1) is 14.2. The molecular weight excluding hydrogens is 408 g/mol. The van der Waals surface area contributed by atoms with Crippen LogP contribution in [0.25, 0.3) is 11.3 Å². The maximum absolute atomic E-state index is 12.4. The summed E-state index contributed by atoms with van der Waals surface area (Å²) >= 11 is 7.62. The number of benzene rings is 1. The zero-order valence-electron chi connectivity index (χ0n) is 15.8. The number of amides is 1. The van der Waals surface area contributed by atoms with Gasteiger partial charge in [-0.15, -0.1) is 11.3 Å². The van der Waals surface area contributed by atoms with Crippen molar-refractivity contribution in [2.45, 2.75) is 6.54 Å². The molecule has 1 aliphatic heterocycles. The van der Waals surface area contributed by atoms with Crippen molar-refractivity contribution in [2.75, 3.05) is 32.8 Å². The molecule has 0 radical (unpaired) electrons. The Morgan fingerprint density at radius 1 is 1.14 bits per heavy atom. The quantitative estimate of drug-likeness (QED) is 0.600. The van der Waals surface area contributed by atoms with Crippen LogP contribution in [0.4, 0.5) is 0 Å². The minimum atomic E-state index is 0.00720. The van der Waals surface area contributed by atoms with Crippen molar-refractivity contribution in [1.29, 1.82) is 0 Å². The summed E-state index contributed by atoms with van der Waals surface area (Å²) in [6.45, 7) is 3.90. The Bertz CT molecular complexity index is 941. The Morgan fingerprint density at radius 2 is 1.93 bits per heavy atom. The Kier molecular flexibility index (Phi) is 6.39. The number of hydrogen-bond donors (Lipinski definition) is 0. The fourth-order valence-corrected chi connectivity index (χ4v) is 4.12. The van der Waals surface area contributed by atoms with Crippen LogP contribution in [0.2, 0.25) is 5.02 Å². The number of ether oxygens (including phenoxy) is 1. The molecule has 1 aromatic carbocycles. The van der Waals surface area contributed by atoms with E-state index >= 15 is 0 Å². The third-order valence-electron chi connectivity index (χ3n) is 4.77. The SMILES string of the molecule is O=C(COc1cccnc1)N1CCN(Cc2nc(-c3ccc(Cl)cc3)cs2)CC1. The minimum absolute atomic E-state index is 0.00720. The maximum atomic E-state index is 12.4. The van der Waals surface area contributed by atoms with Gasteiger partial charge in [-0.2, -0.15) is 0 Å². The van der Waals surface area contributed by atoms with Gasteiger partial charge < -0.3 is 9.64 Å². The van der Waals surface area contributed by atoms with Crippen LogP contribution >= 0.6 is 22.9 Å². The molecule has 1 amide bonds. The number of hydrogen-bond acceptors (Lipinski definition) is 6. The molecule has 1 saturated heterocycles. The Hall–Kier alpha value is -2.48. The van der Waals surface area contributed by atoms with Crippen LogP contribution in [0.5, 0.6) is 5.75 Å². The van der Waals surface area contributed by atoms with E-state index in [1.807, 2.05) is 29.2 Å². The van der Waals surface area contributed by atoms with E-state index in [9.17, 15) is 4.79 Å². The van der Waals surface area contributed by atoms with Gasteiger partial charge in [-0.25, -0.2) is 4.98 Å². The fourth-order valence-electron chi connectivity index (χ4n) is 3.15. The van der Waals surface area contributed by atoms with E-state index in [0.29, 0.717) is 18.8 Å². The van der Waals surface area contributed by atoms with Crippen LogP contribution in [0.1, 0.15) is 5.01 Å². The minimum Gasteiger partial charge on any atom is -0.482 e. The molecule has 4 rings (SSSR count). The third-order valence-corrected chi connectivity index (χ3v) is 5.86. The van der Waals surface area contributed by atoms with E-state index in [1.54, 1.807) is 35.9 Å². The number of pyridine rings is 1. The van der Waals surface area contributed by atoms with Crippen molar-refractivity contribution in [3.8, 4) is 17.0 Å². The molecule has 0 aliphatic carbocycles. The third kappa shape index (κ3) is 5.32. The number of rotatable bonds is 6. The summed E-state index contributed by atoms with van der Waals surface area (Å²) in [4.78, 5) is 25.3. The van der Waals surface area contributed by atoms with Gasteiger partial charge in [-0.1, -0.05) is 23.7 Å². The van der Waals surface area contributed by atoms with Gasteiger partial charge in [-0.05, 0) is 24.3 Å². The summed E-state index contributed by atoms with van der Waals surface area (Å²) in [6.07, 6.45) is 3.28. The predicted octanol–water partition coefficient (Wildman–Crippen LogP) is 3.58. The van der Waals surface area contributed by atoms with Crippen LogP contribution in [-0.4, -0.2) is 58.5 Å². The lowest BCUT2D eigenvalue weighted by Crippen LogP contribution is -2.49. The summed E-state index contributed by atoms with van der Waals surface area (Å²) in [5.74, 6) is 0.618. The lowest BCUT2D eigenvalue weighted by molar-refractivity contribution is -0.135. The van der Waals surface area contributed by atoms with E-state index in [0.717, 1.165) is 40.9 Å². The Labute approximate surface area is 178 Å². The van der Waals surface area contributed by atoms with Crippen LogP contribution in [0.3, 0.4) is 0 Å². The molecule has 2 aromatic heterocycles. The molecule has 3 aromatic rings. The first-order valence-electron chi connectivity index (χ1n) is 9.41. The molecule has 3 heterocycles. The monoisotopic (exact) mass is 428 g/mol. The highest BCUT2D eigenvalue weighted by atomic mass is 35.5. The zero-order chi connectivity index (χ0) is 20.1. The first kappa shape index (κ1) is 19.8. The number of nitrogens with zero attached hydrogens (tertiary/aromatic N) is 4. The molecular formula is C21H21ClN4O2S. The maximum Gasteiger partial charge on any atom is 0.260 e. The molecule has 29 heavy (non-hydrogen) atoms. The standard InChI is InChI=1S/C21H21ClN4O2S/c22-17-5-3-16(4-6-17)19-15-29-20(24-19)13-25-8-10-26(11-9-25)21(27)14-28-18-2-1-7-23-12-18/h1-7,12,15H,8-11,13-14H2. The van der Waals surface area contributed by atoms with Crippen molar-refractivity contribution in [1.82, 2.24) is 19.8 Å². The van der Waals surface area contributed by atoms with E-state index in [1.165, 1.54) is 0 Å². The molecule has 0 atom stereocenters. The number of halogens is 1. The summed E-state index contributed by atoms with van der Waals surface area (Å²) in [5, 5.41) is 3.88. The molecule has 0 bridgehead atoms. The Balaban J connectivity index is 1.25. The molecule has 0 unspecified atom stereocenters. The molecule has 1 aliphatic rings. The van der Waals surface area contributed by atoms with Crippen molar-refractivity contribution in [3.05, 3.63) is 64.2 Å². The fraction of sp³-hybridized carbons (Fsp3) is 0.286. The summed E-state index contributed by atoms with van der Waals surface area (Å²) in [5.41, 5.74) is 2.05. The van der Waals surface area contributed by atoms with Gasteiger partial charge in [0.25, 0.3) is 5.91 Å². The highest BCUT2D eigenvalue weighted by Crippen LogP contribution is 2.24. The molecule has 6 nitrogen and oxygen atoms in total. The van der Waals surface area contributed by atoms with Gasteiger partial charge in [0.2, 0.25) is 0 Å². The van der Waals surface area contributed by atoms with Crippen LogP contribution in [-0.2, 0) is 11.3 Å². The average molecular weight is 429 g/mol. The lowest BCUT2D eigenvalue weighted by Gasteiger charge is -2.34. The van der Waals surface area contributed by atoms with Crippen molar-refractivity contribution >= 4 is 28.8 Å². The molecule has 1 fully saturated rings. The highest BCUT2D eigenvalue weighted by molar-refractivity contribution is 7.09. The van der Waals surface area contributed by atoms with Crippen molar-refractivity contribution in [3.63, 3.8) is 0 Å². The van der Waals surface area contributed by atoms with Gasteiger partial charge >= 0.3 is 0 Å². The summed E-state index contributed by atoms with van der Waals surface area (Å²) < 4.78 is 5.51. The van der Waals surface area contributed by atoms with Crippen LogP contribution < -0.4 is 4.74 Å². The molecule has 150 valence electrons.